The SMILES string of the molecule is COc1cccc(N/C=C(/C#N)C(=O)Nc2ccc(N)cc2)c1. The molecular formula is C17H16N4O2. The van der Waals surface area contributed by atoms with Crippen LogP contribution in [0.25, 0.3) is 0 Å². The maximum atomic E-state index is 12.1. The van der Waals surface area contributed by atoms with Crippen LogP contribution in [-0.2, 0) is 4.79 Å². The molecule has 0 spiro atoms. The van der Waals surface area contributed by atoms with Crippen LogP contribution in [0.5, 0.6) is 5.75 Å². The Morgan fingerprint density at radius 1 is 1.22 bits per heavy atom. The standard InChI is InChI=1S/C17H16N4O2/c1-23-16-4-2-3-15(9-16)20-11-12(10-18)17(22)21-14-7-5-13(19)6-8-14/h2-9,11,20H,19H2,1H3,(H,21,22)/b12-11-. The number of methoxy groups -OCH3 is 1. The third-order valence-corrected chi connectivity index (χ3v) is 2.99. The van der Waals surface area contributed by atoms with Crippen LogP contribution < -0.4 is 21.1 Å². The molecule has 0 aliphatic heterocycles. The molecule has 0 radical (unpaired) electrons. The summed E-state index contributed by atoms with van der Waals surface area (Å²) in [4.78, 5) is 12.1. The fourth-order valence-electron chi connectivity index (χ4n) is 1.78. The summed E-state index contributed by atoms with van der Waals surface area (Å²) in [5.41, 5.74) is 7.40. The van der Waals surface area contributed by atoms with E-state index in [0.717, 1.165) is 0 Å². The van der Waals surface area contributed by atoms with Gasteiger partial charge in [0.05, 0.1) is 7.11 Å². The first kappa shape index (κ1) is 15.9. The molecule has 1 amide bonds. The molecule has 0 aliphatic carbocycles. The molecule has 0 atom stereocenters. The number of nitrogens with one attached hydrogen (secondary N) is 2. The van der Waals surface area contributed by atoms with Crippen molar-refractivity contribution in [2.45, 2.75) is 0 Å². The monoisotopic (exact) mass is 308 g/mol. The summed E-state index contributed by atoms with van der Waals surface area (Å²) in [6.45, 7) is 0. The van der Waals surface area contributed by atoms with Crippen LogP contribution in [0.3, 0.4) is 0 Å². The van der Waals surface area contributed by atoms with E-state index in [4.69, 9.17) is 15.7 Å². The minimum absolute atomic E-state index is 0.0513. The first-order chi connectivity index (χ1) is 11.1. The van der Waals surface area contributed by atoms with Gasteiger partial charge >= 0.3 is 0 Å². The molecule has 2 aromatic carbocycles. The predicted molar refractivity (Wildman–Crippen MR) is 89.8 cm³/mol. The molecule has 23 heavy (non-hydrogen) atoms. The zero-order chi connectivity index (χ0) is 16.7. The number of nitriles is 1. The summed E-state index contributed by atoms with van der Waals surface area (Å²) in [6.07, 6.45) is 1.35. The van der Waals surface area contributed by atoms with Crippen LogP contribution >= 0.6 is 0 Å². The van der Waals surface area contributed by atoms with Crippen LogP contribution in [0.15, 0.2) is 60.3 Å². The molecule has 2 aromatic rings. The summed E-state index contributed by atoms with van der Waals surface area (Å²) in [7, 11) is 1.57. The Morgan fingerprint density at radius 2 is 1.96 bits per heavy atom. The van der Waals surface area contributed by atoms with Crippen LogP contribution in [0.4, 0.5) is 17.1 Å². The van der Waals surface area contributed by atoms with Gasteiger partial charge in [0, 0.05) is 29.3 Å². The molecule has 0 aliphatic rings. The maximum absolute atomic E-state index is 12.1. The van der Waals surface area contributed by atoms with E-state index in [1.807, 2.05) is 6.07 Å². The van der Waals surface area contributed by atoms with E-state index in [1.165, 1.54) is 6.20 Å². The first-order valence-electron chi connectivity index (χ1n) is 6.80. The number of anilines is 3. The van der Waals surface area contributed by atoms with Crippen molar-refractivity contribution < 1.29 is 9.53 Å². The molecule has 0 unspecified atom stereocenters. The summed E-state index contributed by atoms with van der Waals surface area (Å²) >= 11 is 0. The highest BCUT2D eigenvalue weighted by molar-refractivity contribution is 6.06. The molecule has 0 saturated carbocycles. The average molecular weight is 308 g/mol. The molecule has 2 rings (SSSR count). The van der Waals surface area contributed by atoms with Crippen molar-refractivity contribution in [1.82, 2.24) is 0 Å². The van der Waals surface area contributed by atoms with Gasteiger partial charge in [0.2, 0.25) is 0 Å². The summed E-state index contributed by atoms with van der Waals surface area (Å²) in [6, 6.07) is 15.7. The molecule has 0 heterocycles. The molecule has 4 N–H and O–H groups in total. The van der Waals surface area contributed by atoms with E-state index in [0.29, 0.717) is 22.8 Å². The number of benzene rings is 2. The van der Waals surface area contributed by atoms with Crippen molar-refractivity contribution in [2.75, 3.05) is 23.5 Å². The third kappa shape index (κ3) is 4.51. The van der Waals surface area contributed by atoms with Crippen LogP contribution in [0.2, 0.25) is 0 Å². The highest BCUT2D eigenvalue weighted by Gasteiger charge is 2.09. The number of rotatable bonds is 5. The lowest BCUT2D eigenvalue weighted by molar-refractivity contribution is -0.112. The minimum atomic E-state index is -0.507. The van der Waals surface area contributed by atoms with Gasteiger partial charge in [-0.25, -0.2) is 0 Å². The van der Waals surface area contributed by atoms with E-state index in [2.05, 4.69) is 10.6 Å². The number of amides is 1. The largest absolute Gasteiger partial charge is 0.497 e. The normalized spacial score (nSPS) is 10.5. The molecule has 116 valence electrons. The second kappa shape index (κ2) is 7.52. The Kier molecular flexibility index (Phi) is 5.21. The van der Waals surface area contributed by atoms with Gasteiger partial charge in [0.15, 0.2) is 0 Å². The highest BCUT2D eigenvalue weighted by Crippen LogP contribution is 2.17. The molecule has 0 aromatic heterocycles. The number of nitrogen functional groups attached to an aromatic ring is 1. The number of carbonyl (C=O) groups excluding carboxylic acids is 1. The van der Waals surface area contributed by atoms with Crippen molar-refractivity contribution in [1.29, 1.82) is 5.26 Å². The molecular weight excluding hydrogens is 292 g/mol. The van der Waals surface area contributed by atoms with Gasteiger partial charge in [-0.05, 0) is 36.4 Å². The highest BCUT2D eigenvalue weighted by atomic mass is 16.5. The van der Waals surface area contributed by atoms with Crippen LogP contribution in [0.1, 0.15) is 0 Å². The van der Waals surface area contributed by atoms with Crippen LogP contribution in [-0.4, -0.2) is 13.0 Å². The van der Waals surface area contributed by atoms with Gasteiger partial charge in [0.25, 0.3) is 5.91 Å². The fourth-order valence-corrected chi connectivity index (χ4v) is 1.78. The maximum Gasteiger partial charge on any atom is 0.267 e. The fraction of sp³-hybridized carbons (Fsp3) is 0.0588. The Hall–Kier alpha value is -3.46. The Labute approximate surface area is 134 Å². The minimum Gasteiger partial charge on any atom is -0.497 e. The van der Waals surface area contributed by atoms with Gasteiger partial charge < -0.3 is 21.1 Å². The molecule has 6 nitrogen and oxygen atoms in total. The van der Waals surface area contributed by atoms with Crippen LogP contribution in [0, 0.1) is 11.3 Å². The van der Waals surface area contributed by atoms with Crippen molar-refractivity contribution in [2.24, 2.45) is 0 Å². The lowest BCUT2D eigenvalue weighted by atomic mass is 10.2. The molecule has 0 bridgehead atoms. The van der Waals surface area contributed by atoms with E-state index >= 15 is 0 Å². The number of hydrogen-bond acceptors (Lipinski definition) is 5. The quantitative estimate of drug-likeness (QED) is 0.448. The second-order valence-electron chi connectivity index (χ2n) is 4.62. The van der Waals surface area contributed by atoms with Gasteiger partial charge in [-0.1, -0.05) is 6.07 Å². The second-order valence-corrected chi connectivity index (χ2v) is 4.62. The lowest BCUT2D eigenvalue weighted by Gasteiger charge is -2.06. The van der Waals surface area contributed by atoms with E-state index < -0.39 is 5.91 Å². The zero-order valence-corrected chi connectivity index (χ0v) is 12.5. The lowest BCUT2D eigenvalue weighted by Crippen LogP contribution is -2.14. The Balaban J connectivity index is 2.07. The van der Waals surface area contributed by atoms with E-state index in [9.17, 15) is 4.79 Å². The smallest absolute Gasteiger partial charge is 0.267 e. The van der Waals surface area contributed by atoms with Crippen molar-refractivity contribution in [3.63, 3.8) is 0 Å². The van der Waals surface area contributed by atoms with Gasteiger partial charge in [0.1, 0.15) is 17.4 Å². The number of hydrogen-bond donors (Lipinski definition) is 3. The Morgan fingerprint density at radius 3 is 2.61 bits per heavy atom. The molecule has 6 heteroatoms. The van der Waals surface area contributed by atoms with Crippen molar-refractivity contribution in [3.8, 4) is 11.8 Å². The number of nitrogens with zero attached hydrogens (tertiary/aromatic N) is 1. The van der Waals surface area contributed by atoms with Gasteiger partial charge in [-0.2, -0.15) is 5.26 Å². The summed E-state index contributed by atoms with van der Waals surface area (Å²) in [5.74, 6) is 0.168. The molecule has 0 saturated heterocycles. The van der Waals surface area contributed by atoms with Crippen molar-refractivity contribution >= 4 is 23.0 Å². The van der Waals surface area contributed by atoms with Gasteiger partial charge in [-0.15, -0.1) is 0 Å². The molecule has 0 fully saturated rings. The average Bonchev–Trinajstić information content (AvgIpc) is 2.57. The Bertz CT molecular complexity index is 761. The zero-order valence-electron chi connectivity index (χ0n) is 12.5. The summed E-state index contributed by atoms with van der Waals surface area (Å²) in [5, 5.41) is 14.7. The third-order valence-electron chi connectivity index (χ3n) is 2.99. The first-order valence-corrected chi connectivity index (χ1v) is 6.80. The van der Waals surface area contributed by atoms with E-state index in [-0.39, 0.29) is 5.57 Å². The van der Waals surface area contributed by atoms with E-state index in [1.54, 1.807) is 55.6 Å². The number of nitrogens with two attached hydrogens (primary N) is 1. The number of carbonyl (C=O) groups is 1. The van der Waals surface area contributed by atoms with Crippen molar-refractivity contribution in [3.05, 3.63) is 60.3 Å². The number of ether oxygens (including phenoxy) is 1. The summed E-state index contributed by atoms with van der Waals surface area (Å²) < 4.78 is 5.11. The van der Waals surface area contributed by atoms with Gasteiger partial charge in [-0.3, -0.25) is 4.79 Å². The predicted octanol–water partition coefficient (Wildman–Crippen LogP) is 2.74. The topological polar surface area (TPSA) is 100 Å².